The molecule has 0 fully saturated rings. The maximum Gasteiger partial charge on any atom is 0.123 e. The molecule has 0 saturated heterocycles. The van der Waals surface area contributed by atoms with Crippen LogP contribution in [-0.2, 0) is 12.8 Å². The number of fused-ring (bicyclic) bond motifs is 2. The number of hydrogen-bond acceptors (Lipinski definition) is 2. The van der Waals surface area contributed by atoms with Crippen LogP contribution in [-0.4, -0.2) is 12.6 Å². The molecular weight excluding hydrogens is 258 g/mol. The predicted molar refractivity (Wildman–Crippen MR) is 84.8 cm³/mol. The van der Waals surface area contributed by atoms with E-state index in [-0.39, 0.29) is 6.10 Å². The molecule has 2 unspecified atom stereocenters. The highest BCUT2D eigenvalue weighted by atomic mass is 16.5. The molecule has 0 spiro atoms. The van der Waals surface area contributed by atoms with E-state index in [1.807, 2.05) is 0 Å². The van der Waals surface area contributed by atoms with E-state index in [4.69, 9.17) is 4.74 Å². The lowest BCUT2D eigenvalue weighted by atomic mass is 10.1. The van der Waals surface area contributed by atoms with Crippen molar-refractivity contribution in [3.63, 3.8) is 0 Å². The fraction of sp³-hybridized carbons (Fsp3) is 0.368. The average Bonchev–Trinajstić information content (AvgIpc) is 3.08. The Balaban J connectivity index is 1.39. The first-order valence-electron chi connectivity index (χ1n) is 7.87. The van der Waals surface area contributed by atoms with Crippen LogP contribution < -0.4 is 10.1 Å². The third-order valence-corrected chi connectivity index (χ3v) is 4.68. The van der Waals surface area contributed by atoms with Crippen molar-refractivity contribution < 1.29 is 4.74 Å². The molecule has 1 aliphatic carbocycles. The van der Waals surface area contributed by atoms with Gasteiger partial charge in [-0.05, 0) is 42.5 Å². The molecule has 2 atom stereocenters. The van der Waals surface area contributed by atoms with E-state index < -0.39 is 0 Å². The van der Waals surface area contributed by atoms with Crippen LogP contribution in [0.2, 0.25) is 0 Å². The van der Waals surface area contributed by atoms with Gasteiger partial charge in [0, 0.05) is 19.0 Å². The van der Waals surface area contributed by atoms with Crippen molar-refractivity contribution in [2.24, 2.45) is 0 Å². The van der Waals surface area contributed by atoms with Crippen LogP contribution in [0.25, 0.3) is 0 Å². The molecule has 2 aromatic rings. The fourth-order valence-corrected chi connectivity index (χ4v) is 3.61. The van der Waals surface area contributed by atoms with Crippen LogP contribution in [0.5, 0.6) is 5.75 Å². The summed E-state index contributed by atoms with van der Waals surface area (Å²) < 4.78 is 6.05. The number of aryl methyl sites for hydroxylation is 2. The van der Waals surface area contributed by atoms with Gasteiger partial charge < -0.3 is 10.1 Å². The number of ether oxygens (including phenoxy) is 1. The Kier molecular flexibility index (Phi) is 3.19. The second kappa shape index (κ2) is 5.19. The summed E-state index contributed by atoms with van der Waals surface area (Å²) in [7, 11) is 0. The summed E-state index contributed by atoms with van der Waals surface area (Å²) in [5.74, 6) is 1.07. The van der Waals surface area contributed by atoms with Crippen molar-refractivity contribution in [2.45, 2.75) is 38.3 Å². The minimum Gasteiger partial charge on any atom is -0.488 e. The first kappa shape index (κ1) is 12.9. The molecule has 0 aromatic heterocycles. The number of hydrogen-bond donors (Lipinski definition) is 1. The zero-order valence-electron chi connectivity index (χ0n) is 12.4. The van der Waals surface area contributed by atoms with Gasteiger partial charge >= 0.3 is 0 Å². The summed E-state index contributed by atoms with van der Waals surface area (Å²) in [5.41, 5.74) is 5.65. The third-order valence-electron chi connectivity index (χ3n) is 4.68. The minimum atomic E-state index is 0.273. The zero-order chi connectivity index (χ0) is 14.2. The lowest BCUT2D eigenvalue weighted by Crippen LogP contribution is -2.32. The topological polar surface area (TPSA) is 21.3 Å². The summed E-state index contributed by atoms with van der Waals surface area (Å²) in [4.78, 5) is 0. The second-order valence-corrected chi connectivity index (χ2v) is 6.25. The van der Waals surface area contributed by atoms with Gasteiger partial charge in [0.25, 0.3) is 0 Å². The summed E-state index contributed by atoms with van der Waals surface area (Å²) in [6.45, 7) is 3.06. The normalized spacial score (nSPS) is 22.7. The molecule has 1 N–H and O–H groups in total. The van der Waals surface area contributed by atoms with Crippen LogP contribution in [0.3, 0.4) is 0 Å². The predicted octanol–water partition coefficient (Wildman–Crippen LogP) is 3.58. The standard InChI is InChI=1S/C19H21NO/c1-13-6-9-19-15(10-13)11-16(21-19)12-20-18-8-7-14-4-2-3-5-17(14)18/h2-6,9-10,16,18,20H,7-8,11-12H2,1H3. The highest BCUT2D eigenvalue weighted by Gasteiger charge is 2.26. The van der Waals surface area contributed by atoms with Gasteiger partial charge in [0.2, 0.25) is 0 Å². The van der Waals surface area contributed by atoms with E-state index in [1.54, 1.807) is 0 Å². The maximum absolute atomic E-state index is 6.05. The number of benzene rings is 2. The fourth-order valence-electron chi connectivity index (χ4n) is 3.61. The van der Waals surface area contributed by atoms with Crippen molar-refractivity contribution in [3.8, 4) is 5.75 Å². The Bertz CT molecular complexity index is 664. The average molecular weight is 279 g/mol. The van der Waals surface area contributed by atoms with Crippen LogP contribution in [0, 0.1) is 6.92 Å². The second-order valence-electron chi connectivity index (χ2n) is 6.25. The summed E-state index contributed by atoms with van der Waals surface area (Å²) in [6.07, 6.45) is 3.70. The molecule has 0 radical (unpaired) electrons. The van der Waals surface area contributed by atoms with E-state index in [1.165, 1.54) is 35.1 Å². The van der Waals surface area contributed by atoms with Gasteiger partial charge in [0.05, 0.1) is 0 Å². The Morgan fingerprint density at radius 3 is 3.00 bits per heavy atom. The smallest absolute Gasteiger partial charge is 0.123 e. The van der Waals surface area contributed by atoms with Gasteiger partial charge in [-0.1, -0.05) is 42.0 Å². The monoisotopic (exact) mass is 279 g/mol. The van der Waals surface area contributed by atoms with Gasteiger partial charge in [-0.3, -0.25) is 0 Å². The molecular formula is C19H21NO. The Morgan fingerprint density at radius 2 is 2.05 bits per heavy atom. The van der Waals surface area contributed by atoms with Gasteiger partial charge in [-0.2, -0.15) is 0 Å². The third kappa shape index (κ3) is 2.44. The lowest BCUT2D eigenvalue weighted by Gasteiger charge is -2.17. The van der Waals surface area contributed by atoms with E-state index in [9.17, 15) is 0 Å². The van der Waals surface area contributed by atoms with Crippen LogP contribution in [0.1, 0.15) is 34.7 Å². The van der Waals surface area contributed by atoms with Gasteiger partial charge in [0.15, 0.2) is 0 Å². The lowest BCUT2D eigenvalue weighted by molar-refractivity contribution is 0.221. The molecule has 2 heteroatoms. The molecule has 2 nitrogen and oxygen atoms in total. The van der Waals surface area contributed by atoms with Gasteiger partial charge in [0.1, 0.15) is 11.9 Å². The van der Waals surface area contributed by atoms with Crippen molar-refractivity contribution >= 4 is 0 Å². The number of nitrogens with one attached hydrogen (secondary N) is 1. The molecule has 4 rings (SSSR count). The van der Waals surface area contributed by atoms with Crippen LogP contribution >= 0.6 is 0 Å². The number of rotatable bonds is 3. The molecule has 1 aliphatic heterocycles. The summed E-state index contributed by atoms with van der Waals surface area (Å²) in [5, 5.41) is 3.70. The Labute approximate surface area is 126 Å². The molecule has 0 amide bonds. The highest BCUT2D eigenvalue weighted by Crippen LogP contribution is 2.32. The summed E-state index contributed by atoms with van der Waals surface area (Å²) >= 11 is 0. The largest absolute Gasteiger partial charge is 0.488 e. The molecule has 0 saturated carbocycles. The quantitative estimate of drug-likeness (QED) is 0.927. The van der Waals surface area contributed by atoms with E-state index in [0.29, 0.717) is 6.04 Å². The van der Waals surface area contributed by atoms with Crippen molar-refractivity contribution in [3.05, 3.63) is 64.7 Å². The van der Waals surface area contributed by atoms with Crippen molar-refractivity contribution in [2.75, 3.05) is 6.54 Å². The molecule has 21 heavy (non-hydrogen) atoms. The Hall–Kier alpha value is -1.80. The molecule has 2 aliphatic rings. The van der Waals surface area contributed by atoms with E-state index in [0.717, 1.165) is 18.7 Å². The Morgan fingerprint density at radius 1 is 1.14 bits per heavy atom. The first-order valence-corrected chi connectivity index (χ1v) is 7.87. The summed E-state index contributed by atoms with van der Waals surface area (Å²) in [6, 6.07) is 15.8. The van der Waals surface area contributed by atoms with Crippen LogP contribution in [0.4, 0.5) is 0 Å². The van der Waals surface area contributed by atoms with E-state index >= 15 is 0 Å². The van der Waals surface area contributed by atoms with Crippen LogP contribution in [0.15, 0.2) is 42.5 Å². The highest BCUT2D eigenvalue weighted by molar-refractivity contribution is 5.40. The van der Waals surface area contributed by atoms with Crippen molar-refractivity contribution in [1.82, 2.24) is 5.32 Å². The first-order chi connectivity index (χ1) is 10.3. The molecule has 0 bridgehead atoms. The van der Waals surface area contributed by atoms with E-state index in [2.05, 4.69) is 54.7 Å². The molecule has 108 valence electrons. The SMILES string of the molecule is Cc1ccc2c(c1)CC(CNC1CCc3ccccc31)O2. The zero-order valence-corrected chi connectivity index (χ0v) is 12.4. The minimum absolute atomic E-state index is 0.273. The van der Waals surface area contributed by atoms with Crippen molar-refractivity contribution in [1.29, 1.82) is 0 Å². The molecule has 2 aromatic carbocycles. The van der Waals surface area contributed by atoms with Gasteiger partial charge in [-0.15, -0.1) is 0 Å². The van der Waals surface area contributed by atoms with Gasteiger partial charge in [-0.25, -0.2) is 0 Å². The molecule has 1 heterocycles. The maximum atomic E-state index is 6.05.